The molecule has 1 unspecified atom stereocenters. The van der Waals surface area contributed by atoms with E-state index in [1.54, 1.807) is 4.31 Å². The van der Waals surface area contributed by atoms with Gasteiger partial charge < -0.3 is 10.1 Å². The van der Waals surface area contributed by atoms with E-state index in [1.807, 2.05) is 6.92 Å². The van der Waals surface area contributed by atoms with Crippen LogP contribution in [0.1, 0.15) is 39.0 Å². The Hall–Kier alpha value is -0.170. The normalized spacial score (nSPS) is 25.6. The Balaban J connectivity index is 1.67. The third kappa shape index (κ3) is 5.02. The maximum absolute atomic E-state index is 12.2. The average molecular weight is 290 g/mol. The fraction of sp³-hybridized carbons (Fsp3) is 1.00. The van der Waals surface area contributed by atoms with Crippen molar-refractivity contribution in [2.24, 2.45) is 0 Å². The molecule has 112 valence electrons. The molecule has 5 nitrogen and oxygen atoms in total. The SMILES string of the molecule is CCC1CN(S(=O)(=O)CCCCNC2CC2)CCO1. The molecule has 2 fully saturated rings. The molecule has 19 heavy (non-hydrogen) atoms. The van der Waals surface area contributed by atoms with Gasteiger partial charge in [-0.3, -0.25) is 0 Å². The van der Waals surface area contributed by atoms with Gasteiger partial charge in [-0.25, -0.2) is 8.42 Å². The first-order valence-corrected chi connectivity index (χ1v) is 9.05. The first kappa shape index (κ1) is 15.2. The molecule has 0 aromatic carbocycles. The molecule has 0 aromatic heterocycles. The van der Waals surface area contributed by atoms with E-state index in [-0.39, 0.29) is 11.9 Å². The lowest BCUT2D eigenvalue weighted by Crippen LogP contribution is -2.46. The molecule has 0 aromatic rings. The quantitative estimate of drug-likeness (QED) is 0.677. The van der Waals surface area contributed by atoms with Gasteiger partial charge in [-0.15, -0.1) is 0 Å². The molecule has 0 bridgehead atoms. The van der Waals surface area contributed by atoms with Gasteiger partial charge in [0.15, 0.2) is 0 Å². The fourth-order valence-corrected chi connectivity index (χ4v) is 3.90. The third-order valence-corrected chi connectivity index (χ3v) is 5.71. The minimum Gasteiger partial charge on any atom is -0.375 e. The Bertz CT molecular complexity index is 368. The number of nitrogens with zero attached hydrogens (tertiary/aromatic N) is 1. The molecular formula is C13H26N2O3S. The molecule has 1 saturated heterocycles. The summed E-state index contributed by atoms with van der Waals surface area (Å²) < 4.78 is 31.5. The molecule has 2 aliphatic rings. The lowest BCUT2D eigenvalue weighted by Gasteiger charge is -2.31. The highest BCUT2D eigenvalue weighted by atomic mass is 32.2. The highest BCUT2D eigenvalue weighted by Gasteiger charge is 2.28. The van der Waals surface area contributed by atoms with E-state index in [9.17, 15) is 8.42 Å². The Labute approximate surface area is 116 Å². The summed E-state index contributed by atoms with van der Waals surface area (Å²) in [5.74, 6) is 0.274. The Morgan fingerprint density at radius 2 is 2.11 bits per heavy atom. The molecule has 1 aliphatic heterocycles. The summed E-state index contributed by atoms with van der Waals surface area (Å²) in [7, 11) is -3.09. The molecule has 2 rings (SSSR count). The van der Waals surface area contributed by atoms with Crippen molar-refractivity contribution in [3.8, 4) is 0 Å². The monoisotopic (exact) mass is 290 g/mol. The molecule has 1 N–H and O–H groups in total. The van der Waals surface area contributed by atoms with Gasteiger partial charge in [0.1, 0.15) is 0 Å². The van der Waals surface area contributed by atoms with Crippen LogP contribution in [-0.4, -0.2) is 56.9 Å². The van der Waals surface area contributed by atoms with Crippen molar-refractivity contribution in [1.82, 2.24) is 9.62 Å². The summed E-state index contributed by atoms with van der Waals surface area (Å²) in [4.78, 5) is 0. The maximum Gasteiger partial charge on any atom is 0.214 e. The van der Waals surface area contributed by atoms with Gasteiger partial charge in [0.2, 0.25) is 10.0 Å². The van der Waals surface area contributed by atoms with E-state index in [4.69, 9.17) is 4.74 Å². The van der Waals surface area contributed by atoms with Gasteiger partial charge in [-0.1, -0.05) is 6.92 Å². The van der Waals surface area contributed by atoms with Crippen molar-refractivity contribution >= 4 is 10.0 Å². The number of sulfonamides is 1. The molecule has 1 saturated carbocycles. The predicted octanol–water partition coefficient (Wildman–Crippen LogP) is 0.959. The lowest BCUT2D eigenvalue weighted by atomic mass is 10.2. The van der Waals surface area contributed by atoms with Crippen molar-refractivity contribution in [2.75, 3.05) is 32.0 Å². The number of hydrogen-bond acceptors (Lipinski definition) is 4. The second kappa shape index (κ2) is 7.02. The number of ether oxygens (including phenoxy) is 1. The third-order valence-electron chi connectivity index (χ3n) is 3.79. The summed E-state index contributed by atoms with van der Waals surface area (Å²) in [5, 5.41) is 3.41. The van der Waals surface area contributed by atoms with Crippen LogP contribution in [0.25, 0.3) is 0 Å². The van der Waals surface area contributed by atoms with Crippen molar-refractivity contribution in [3.63, 3.8) is 0 Å². The number of nitrogens with one attached hydrogen (secondary N) is 1. The highest BCUT2D eigenvalue weighted by molar-refractivity contribution is 7.89. The van der Waals surface area contributed by atoms with Crippen LogP contribution in [0.15, 0.2) is 0 Å². The zero-order valence-corrected chi connectivity index (χ0v) is 12.6. The zero-order chi connectivity index (χ0) is 13.7. The number of rotatable bonds is 8. The zero-order valence-electron chi connectivity index (χ0n) is 11.8. The van der Waals surface area contributed by atoms with Gasteiger partial charge in [0, 0.05) is 19.1 Å². The summed E-state index contributed by atoms with van der Waals surface area (Å²) in [6.45, 7) is 4.55. The van der Waals surface area contributed by atoms with Crippen molar-refractivity contribution < 1.29 is 13.2 Å². The number of morpholine rings is 1. The summed E-state index contributed by atoms with van der Waals surface area (Å²) in [6, 6.07) is 0.709. The van der Waals surface area contributed by atoms with Gasteiger partial charge in [0.05, 0.1) is 18.5 Å². The maximum atomic E-state index is 12.2. The lowest BCUT2D eigenvalue weighted by molar-refractivity contribution is -0.00277. The molecule has 1 heterocycles. The van der Waals surface area contributed by atoms with Crippen LogP contribution in [0.2, 0.25) is 0 Å². The second-order valence-electron chi connectivity index (χ2n) is 5.51. The van der Waals surface area contributed by atoms with E-state index in [1.165, 1.54) is 12.8 Å². The predicted molar refractivity (Wildman–Crippen MR) is 75.6 cm³/mol. The fourth-order valence-electron chi connectivity index (χ4n) is 2.32. The molecule has 6 heteroatoms. The van der Waals surface area contributed by atoms with Gasteiger partial charge in [-0.2, -0.15) is 4.31 Å². The van der Waals surface area contributed by atoms with Gasteiger partial charge >= 0.3 is 0 Å². The van der Waals surface area contributed by atoms with Crippen LogP contribution < -0.4 is 5.32 Å². The average Bonchev–Trinajstić information content (AvgIpc) is 3.22. The van der Waals surface area contributed by atoms with E-state index in [2.05, 4.69) is 5.32 Å². The van der Waals surface area contributed by atoms with Crippen LogP contribution in [-0.2, 0) is 14.8 Å². The molecule has 0 spiro atoms. The van der Waals surface area contributed by atoms with Crippen LogP contribution in [0.3, 0.4) is 0 Å². The Kier molecular flexibility index (Phi) is 5.62. The smallest absolute Gasteiger partial charge is 0.214 e. The minimum absolute atomic E-state index is 0.0695. The molecule has 1 atom stereocenters. The second-order valence-corrected chi connectivity index (χ2v) is 7.60. The van der Waals surface area contributed by atoms with Crippen LogP contribution >= 0.6 is 0 Å². The van der Waals surface area contributed by atoms with E-state index < -0.39 is 10.0 Å². The van der Waals surface area contributed by atoms with Crippen molar-refractivity contribution in [2.45, 2.75) is 51.2 Å². The standard InChI is InChI=1S/C13H26N2O3S/c1-2-13-11-15(8-9-18-13)19(16,17)10-4-3-7-14-12-5-6-12/h12-14H,2-11H2,1H3. The number of unbranched alkanes of at least 4 members (excludes halogenated alkanes) is 1. The topological polar surface area (TPSA) is 58.6 Å². The van der Waals surface area contributed by atoms with Crippen LogP contribution in [0, 0.1) is 0 Å². The number of hydrogen-bond donors (Lipinski definition) is 1. The Morgan fingerprint density at radius 3 is 2.79 bits per heavy atom. The summed E-state index contributed by atoms with van der Waals surface area (Å²) >= 11 is 0. The van der Waals surface area contributed by atoms with E-state index >= 15 is 0 Å². The van der Waals surface area contributed by atoms with Crippen LogP contribution in [0.4, 0.5) is 0 Å². The minimum atomic E-state index is -3.09. The van der Waals surface area contributed by atoms with E-state index in [0.717, 1.165) is 25.8 Å². The molecular weight excluding hydrogens is 264 g/mol. The summed E-state index contributed by atoms with van der Waals surface area (Å²) in [6.07, 6.45) is 5.19. The first-order valence-electron chi connectivity index (χ1n) is 7.44. The molecule has 1 aliphatic carbocycles. The first-order chi connectivity index (χ1) is 9.12. The Morgan fingerprint density at radius 1 is 1.32 bits per heavy atom. The van der Waals surface area contributed by atoms with E-state index in [0.29, 0.717) is 25.7 Å². The van der Waals surface area contributed by atoms with Gasteiger partial charge in [-0.05, 0) is 38.6 Å². The van der Waals surface area contributed by atoms with Crippen LogP contribution in [0.5, 0.6) is 0 Å². The summed E-state index contributed by atoms with van der Waals surface area (Å²) in [5.41, 5.74) is 0. The molecule has 0 amide bonds. The highest BCUT2D eigenvalue weighted by Crippen LogP contribution is 2.18. The van der Waals surface area contributed by atoms with Crippen molar-refractivity contribution in [3.05, 3.63) is 0 Å². The van der Waals surface area contributed by atoms with Crippen molar-refractivity contribution in [1.29, 1.82) is 0 Å². The molecule has 0 radical (unpaired) electrons. The largest absolute Gasteiger partial charge is 0.375 e. The van der Waals surface area contributed by atoms with Gasteiger partial charge in [0.25, 0.3) is 0 Å².